The maximum Gasteiger partial charge on any atom is 0.340 e. The standard InChI is InChI=1S/C7H6N2O2.C6H4N2O2/c1-2-3-5-4-8-7(11)9-6(5)10;1-2-8-4-3-5(9)7-6(8)10/h4H,1H3,(H2,8,9,10,11);1,3-4H,(H,7,9,10). The largest absolute Gasteiger partial charge is 0.340 e. The van der Waals surface area contributed by atoms with Gasteiger partial charge in [0.25, 0.3) is 11.1 Å². The number of rotatable bonds is 0. The van der Waals surface area contributed by atoms with Gasteiger partial charge >= 0.3 is 11.4 Å². The Labute approximate surface area is 117 Å². The smallest absolute Gasteiger partial charge is 0.313 e. The van der Waals surface area contributed by atoms with Gasteiger partial charge in [-0.25, -0.2) is 14.2 Å². The van der Waals surface area contributed by atoms with Gasteiger partial charge in [0.2, 0.25) is 0 Å². The lowest BCUT2D eigenvalue weighted by molar-refractivity contribution is 0.925. The van der Waals surface area contributed by atoms with Crippen molar-refractivity contribution in [3.05, 3.63) is 65.7 Å². The summed E-state index contributed by atoms with van der Waals surface area (Å²) < 4.78 is 0.946. The first-order chi connectivity index (χ1) is 9.97. The number of aromatic amines is 3. The van der Waals surface area contributed by atoms with E-state index in [-0.39, 0.29) is 5.56 Å². The van der Waals surface area contributed by atoms with Crippen molar-refractivity contribution < 1.29 is 0 Å². The Kier molecular flexibility index (Phi) is 5.30. The van der Waals surface area contributed by atoms with Gasteiger partial charge < -0.3 is 4.98 Å². The van der Waals surface area contributed by atoms with E-state index in [9.17, 15) is 19.2 Å². The van der Waals surface area contributed by atoms with Crippen LogP contribution < -0.4 is 22.5 Å². The van der Waals surface area contributed by atoms with Crippen molar-refractivity contribution in [2.45, 2.75) is 6.92 Å². The minimum atomic E-state index is -0.588. The SMILES string of the molecule is C#Cn1ccc(=O)[nH]c1=O.CC#Cc1c[nH]c(=O)[nH]c1=O. The minimum absolute atomic E-state index is 0.270. The van der Waals surface area contributed by atoms with Gasteiger partial charge in [-0.2, -0.15) is 0 Å². The van der Waals surface area contributed by atoms with Crippen LogP contribution in [0.2, 0.25) is 0 Å². The molecule has 0 aromatic carbocycles. The molecule has 2 rings (SSSR count). The fourth-order valence-electron chi connectivity index (χ4n) is 1.16. The van der Waals surface area contributed by atoms with Crippen molar-refractivity contribution in [1.29, 1.82) is 0 Å². The van der Waals surface area contributed by atoms with Crippen LogP contribution in [0.25, 0.3) is 0 Å². The molecule has 21 heavy (non-hydrogen) atoms. The third-order valence-corrected chi connectivity index (χ3v) is 2.04. The average Bonchev–Trinajstić information content (AvgIpc) is 2.43. The molecule has 0 saturated heterocycles. The zero-order chi connectivity index (χ0) is 15.8. The van der Waals surface area contributed by atoms with Gasteiger partial charge in [-0.1, -0.05) is 12.3 Å². The fraction of sp³-hybridized carbons (Fsp3) is 0.0769. The maximum absolute atomic E-state index is 10.9. The van der Waals surface area contributed by atoms with Gasteiger partial charge in [0.1, 0.15) is 5.56 Å². The van der Waals surface area contributed by atoms with Crippen LogP contribution in [0.5, 0.6) is 0 Å². The molecular formula is C13H10N4O4. The van der Waals surface area contributed by atoms with Crippen molar-refractivity contribution in [2.75, 3.05) is 0 Å². The van der Waals surface area contributed by atoms with E-state index < -0.39 is 22.5 Å². The molecule has 0 aliphatic carbocycles. The first-order valence-electron chi connectivity index (χ1n) is 5.51. The van der Waals surface area contributed by atoms with E-state index in [2.05, 4.69) is 27.9 Å². The second-order valence-electron chi connectivity index (χ2n) is 3.47. The number of H-pyrrole nitrogens is 3. The van der Waals surface area contributed by atoms with Crippen LogP contribution in [0.1, 0.15) is 12.5 Å². The molecule has 0 atom stereocenters. The summed E-state index contributed by atoms with van der Waals surface area (Å²) in [5.41, 5.74) is -1.74. The number of aromatic nitrogens is 4. The molecule has 0 aliphatic heterocycles. The minimum Gasteiger partial charge on any atom is -0.313 e. The van der Waals surface area contributed by atoms with Crippen LogP contribution in [0.15, 0.2) is 37.6 Å². The topological polar surface area (TPSA) is 121 Å². The Morgan fingerprint density at radius 1 is 1.19 bits per heavy atom. The molecule has 2 aromatic heterocycles. The van der Waals surface area contributed by atoms with E-state index in [0.717, 1.165) is 4.57 Å². The van der Waals surface area contributed by atoms with Crippen molar-refractivity contribution in [2.24, 2.45) is 0 Å². The zero-order valence-electron chi connectivity index (χ0n) is 10.9. The Bertz CT molecular complexity index is 957. The van der Waals surface area contributed by atoms with E-state index in [1.807, 2.05) is 4.98 Å². The lowest BCUT2D eigenvalue weighted by Crippen LogP contribution is -2.26. The third-order valence-electron chi connectivity index (χ3n) is 2.04. The van der Waals surface area contributed by atoms with Crippen LogP contribution in [0.4, 0.5) is 0 Å². The quantitative estimate of drug-likeness (QED) is 0.505. The van der Waals surface area contributed by atoms with Crippen molar-refractivity contribution in [3.63, 3.8) is 0 Å². The molecule has 0 spiro atoms. The summed E-state index contributed by atoms with van der Waals surface area (Å²) in [6.45, 7) is 1.62. The van der Waals surface area contributed by atoms with Crippen LogP contribution in [-0.4, -0.2) is 19.5 Å². The van der Waals surface area contributed by atoms with Gasteiger partial charge in [-0.05, 0) is 6.92 Å². The van der Waals surface area contributed by atoms with Crippen LogP contribution >= 0.6 is 0 Å². The molecule has 3 N–H and O–H groups in total. The van der Waals surface area contributed by atoms with Gasteiger partial charge in [0, 0.05) is 24.5 Å². The molecular weight excluding hydrogens is 276 g/mol. The normalized spacial score (nSPS) is 8.57. The van der Waals surface area contributed by atoms with Crippen molar-refractivity contribution in [1.82, 2.24) is 19.5 Å². The van der Waals surface area contributed by atoms with Gasteiger partial charge in [0.05, 0.1) is 0 Å². The predicted molar refractivity (Wildman–Crippen MR) is 75.8 cm³/mol. The average molecular weight is 286 g/mol. The summed E-state index contributed by atoms with van der Waals surface area (Å²) in [4.78, 5) is 48.8. The highest BCUT2D eigenvalue weighted by Gasteiger charge is 1.93. The number of terminal acetylenes is 1. The monoisotopic (exact) mass is 286 g/mol. The van der Waals surface area contributed by atoms with Crippen LogP contribution in [0, 0.1) is 24.3 Å². The molecule has 8 heteroatoms. The molecule has 0 radical (unpaired) electrons. The molecule has 0 saturated carbocycles. The summed E-state index contributed by atoms with van der Waals surface area (Å²) >= 11 is 0. The first kappa shape index (κ1) is 15.5. The molecule has 0 unspecified atom stereocenters. The second-order valence-corrected chi connectivity index (χ2v) is 3.47. The van der Waals surface area contributed by atoms with E-state index in [4.69, 9.17) is 6.42 Å². The number of nitrogens with one attached hydrogen (secondary N) is 3. The fourth-order valence-corrected chi connectivity index (χ4v) is 1.16. The molecule has 0 bridgehead atoms. The summed E-state index contributed by atoms with van der Waals surface area (Å²) in [5.74, 6) is 5.09. The van der Waals surface area contributed by atoms with E-state index in [1.54, 1.807) is 6.92 Å². The summed E-state index contributed by atoms with van der Waals surface area (Å²) in [5, 5.41) is 0. The van der Waals surface area contributed by atoms with Gasteiger partial charge in [0.15, 0.2) is 0 Å². The molecule has 2 aromatic rings. The predicted octanol–water partition coefficient (Wildman–Crippen LogP) is -1.59. The van der Waals surface area contributed by atoms with Gasteiger partial charge in [-0.3, -0.25) is 19.6 Å². The van der Waals surface area contributed by atoms with Crippen LogP contribution in [0.3, 0.4) is 0 Å². The number of hydrogen-bond acceptors (Lipinski definition) is 4. The highest BCUT2D eigenvalue weighted by atomic mass is 16.2. The Balaban J connectivity index is 0.000000211. The Hall–Kier alpha value is -3.52. The molecule has 0 fully saturated rings. The summed E-state index contributed by atoms with van der Waals surface area (Å²) in [6, 6.07) is 3.24. The lowest BCUT2D eigenvalue weighted by Gasteiger charge is -1.88. The molecule has 2 heterocycles. The number of hydrogen-bond donors (Lipinski definition) is 3. The molecule has 8 nitrogen and oxygen atoms in total. The summed E-state index contributed by atoms with van der Waals surface area (Å²) in [7, 11) is 0. The lowest BCUT2D eigenvalue weighted by atomic mass is 10.3. The Morgan fingerprint density at radius 2 is 1.90 bits per heavy atom. The second kappa shape index (κ2) is 7.16. The third kappa shape index (κ3) is 4.58. The Morgan fingerprint density at radius 3 is 2.43 bits per heavy atom. The van der Waals surface area contributed by atoms with E-state index >= 15 is 0 Å². The number of nitrogens with zero attached hydrogens (tertiary/aromatic N) is 1. The highest BCUT2D eigenvalue weighted by Crippen LogP contribution is 1.76. The molecule has 0 amide bonds. The maximum atomic E-state index is 10.9. The zero-order valence-corrected chi connectivity index (χ0v) is 10.9. The van der Waals surface area contributed by atoms with Crippen molar-refractivity contribution >= 4 is 0 Å². The molecule has 0 aliphatic rings. The molecule has 106 valence electrons. The van der Waals surface area contributed by atoms with Crippen molar-refractivity contribution in [3.8, 4) is 24.3 Å². The van der Waals surface area contributed by atoms with Crippen LogP contribution in [-0.2, 0) is 0 Å². The van der Waals surface area contributed by atoms with E-state index in [1.165, 1.54) is 18.5 Å². The summed E-state index contributed by atoms with van der Waals surface area (Å²) in [6.07, 6.45) is 7.42. The van der Waals surface area contributed by atoms with E-state index in [0.29, 0.717) is 0 Å². The first-order valence-corrected chi connectivity index (χ1v) is 5.51. The highest BCUT2D eigenvalue weighted by molar-refractivity contribution is 5.28. The van der Waals surface area contributed by atoms with Gasteiger partial charge in [-0.15, -0.1) is 5.92 Å².